The number of carbonyl (C=O) groups excluding carboxylic acids is 1. The molecule has 110 valence electrons. The highest BCUT2D eigenvalue weighted by atomic mass is 16.1. The van der Waals surface area contributed by atoms with E-state index >= 15 is 0 Å². The number of piperidine rings is 1. The minimum Gasteiger partial charge on any atom is -0.356 e. The second-order valence-corrected chi connectivity index (χ2v) is 6.79. The van der Waals surface area contributed by atoms with Gasteiger partial charge in [0.1, 0.15) is 0 Å². The van der Waals surface area contributed by atoms with E-state index in [0.29, 0.717) is 17.8 Å². The van der Waals surface area contributed by atoms with Crippen LogP contribution in [0, 0.1) is 11.3 Å². The van der Waals surface area contributed by atoms with E-state index in [1.807, 2.05) is 0 Å². The Kier molecular flexibility index (Phi) is 5.22. The number of nitrogens with zero attached hydrogens (tertiary/aromatic N) is 1. The van der Waals surface area contributed by atoms with Crippen LogP contribution in [0.2, 0.25) is 0 Å². The Balaban J connectivity index is 1.62. The molecule has 0 saturated carbocycles. The van der Waals surface area contributed by atoms with Crippen molar-refractivity contribution in [3.8, 4) is 0 Å². The normalized spacial score (nSPS) is 27.4. The highest BCUT2D eigenvalue weighted by Crippen LogP contribution is 2.29. The fourth-order valence-electron chi connectivity index (χ4n) is 3.03. The van der Waals surface area contributed by atoms with Crippen LogP contribution >= 0.6 is 0 Å². The Bertz CT molecular complexity index is 292. The summed E-state index contributed by atoms with van der Waals surface area (Å²) in [6.45, 7) is 7.68. The van der Waals surface area contributed by atoms with E-state index in [-0.39, 0.29) is 5.91 Å². The maximum Gasteiger partial charge on any atom is 0.220 e. The molecule has 1 amide bonds. The predicted molar refractivity (Wildman–Crippen MR) is 78.1 cm³/mol. The minimum atomic E-state index is 0.243. The van der Waals surface area contributed by atoms with Gasteiger partial charge >= 0.3 is 0 Å². The number of hydrogen-bond acceptors (Lipinski definition) is 3. The number of hydrogen-bond donors (Lipinski definition) is 2. The fraction of sp³-hybridized carbons (Fsp3) is 0.933. The second kappa shape index (κ2) is 6.71. The Morgan fingerprint density at radius 2 is 2.16 bits per heavy atom. The molecule has 19 heavy (non-hydrogen) atoms. The summed E-state index contributed by atoms with van der Waals surface area (Å²) < 4.78 is 0. The van der Waals surface area contributed by atoms with Crippen LogP contribution in [0.15, 0.2) is 0 Å². The number of likely N-dealkylation sites (tertiary alicyclic amines) is 1. The molecule has 0 radical (unpaired) electrons. The maximum atomic E-state index is 11.9. The molecule has 2 saturated heterocycles. The molecular formula is C15H29N3O. The van der Waals surface area contributed by atoms with Crippen LogP contribution in [0.1, 0.15) is 39.0 Å². The van der Waals surface area contributed by atoms with Crippen molar-refractivity contribution < 1.29 is 4.79 Å². The topological polar surface area (TPSA) is 44.4 Å². The summed E-state index contributed by atoms with van der Waals surface area (Å²) in [5, 5.41) is 6.51. The molecule has 0 bridgehead atoms. The summed E-state index contributed by atoms with van der Waals surface area (Å²) in [7, 11) is 2.17. The zero-order chi connectivity index (χ0) is 13.7. The van der Waals surface area contributed by atoms with E-state index in [2.05, 4.69) is 29.5 Å². The van der Waals surface area contributed by atoms with Gasteiger partial charge in [-0.15, -0.1) is 0 Å². The van der Waals surface area contributed by atoms with Crippen molar-refractivity contribution in [2.45, 2.75) is 39.0 Å². The Labute approximate surface area is 117 Å². The lowest BCUT2D eigenvalue weighted by molar-refractivity contribution is -0.122. The van der Waals surface area contributed by atoms with E-state index in [1.165, 1.54) is 19.3 Å². The molecule has 2 fully saturated rings. The largest absolute Gasteiger partial charge is 0.356 e. The smallest absolute Gasteiger partial charge is 0.220 e. The van der Waals surface area contributed by atoms with Gasteiger partial charge in [-0.2, -0.15) is 0 Å². The molecule has 0 aromatic rings. The summed E-state index contributed by atoms with van der Waals surface area (Å²) in [4.78, 5) is 14.3. The Hall–Kier alpha value is -0.610. The molecule has 0 spiro atoms. The zero-order valence-corrected chi connectivity index (χ0v) is 12.5. The summed E-state index contributed by atoms with van der Waals surface area (Å²) in [6.07, 6.45) is 5.35. The van der Waals surface area contributed by atoms with Crippen molar-refractivity contribution in [3.05, 3.63) is 0 Å². The SMILES string of the molecule is CN1CCC(C)(CNC(=O)CCC2CCNC2)CC1. The van der Waals surface area contributed by atoms with E-state index in [1.54, 1.807) is 0 Å². The number of carbonyl (C=O) groups is 1. The number of amides is 1. The zero-order valence-electron chi connectivity index (χ0n) is 12.5. The van der Waals surface area contributed by atoms with Gasteiger partial charge in [-0.3, -0.25) is 4.79 Å². The molecular weight excluding hydrogens is 238 g/mol. The van der Waals surface area contributed by atoms with Gasteiger partial charge in [-0.05, 0) is 70.2 Å². The first-order valence-corrected chi connectivity index (χ1v) is 7.73. The van der Waals surface area contributed by atoms with Crippen molar-refractivity contribution in [3.63, 3.8) is 0 Å². The molecule has 0 aromatic heterocycles. The summed E-state index contributed by atoms with van der Waals surface area (Å²) >= 11 is 0. The molecule has 2 N–H and O–H groups in total. The van der Waals surface area contributed by atoms with Gasteiger partial charge in [0.15, 0.2) is 0 Å². The van der Waals surface area contributed by atoms with Crippen LogP contribution in [0.3, 0.4) is 0 Å². The van der Waals surface area contributed by atoms with E-state index in [9.17, 15) is 4.79 Å². The number of nitrogens with one attached hydrogen (secondary N) is 2. The van der Waals surface area contributed by atoms with Gasteiger partial charge in [0, 0.05) is 13.0 Å². The van der Waals surface area contributed by atoms with Gasteiger partial charge < -0.3 is 15.5 Å². The number of rotatable bonds is 5. The molecule has 2 heterocycles. The van der Waals surface area contributed by atoms with Gasteiger partial charge in [-0.1, -0.05) is 6.92 Å². The highest BCUT2D eigenvalue weighted by molar-refractivity contribution is 5.75. The van der Waals surface area contributed by atoms with E-state index in [4.69, 9.17) is 0 Å². The van der Waals surface area contributed by atoms with Crippen molar-refractivity contribution in [1.29, 1.82) is 0 Å². The first kappa shape index (κ1) is 14.8. The van der Waals surface area contributed by atoms with Crippen LogP contribution in [0.4, 0.5) is 0 Å². The van der Waals surface area contributed by atoms with Crippen LogP contribution in [-0.2, 0) is 4.79 Å². The Morgan fingerprint density at radius 3 is 2.79 bits per heavy atom. The third-order valence-electron chi connectivity index (χ3n) is 4.85. The maximum absolute atomic E-state index is 11.9. The molecule has 2 aliphatic rings. The molecule has 4 heteroatoms. The molecule has 2 rings (SSSR count). The molecule has 4 nitrogen and oxygen atoms in total. The standard InChI is InChI=1S/C15H29N3O/c1-15(6-9-18(2)10-7-15)12-17-14(19)4-3-13-5-8-16-11-13/h13,16H,3-12H2,1-2H3,(H,17,19). The molecule has 1 atom stereocenters. The molecule has 0 aliphatic carbocycles. The molecule has 2 aliphatic heterocycles. The van der Waals surface area contributed by atoms with Gasteiger partial charge in [-0.25, -0.2) is 0 Å². The van der Waals surface area contributed by atoms with Crippen LogP contribution in [0.25, 0.3) is 0 Å². The molecule has 1 unspecified atom stereocenters. The van der Waals surface area contributed by atoms with Gasteiger partial charge in [0.25, 0.3) is 0 Å². The fourth-order valence-corrected chi connectivity index (χ4v) is 3.03. The lowest BCUT2D eigenvalue weighted by atomic mass is 9.80. The first-order valence-electron chi connectivity index (χ1n) is 7.73. The van der Waals surface area contributed by atoms with Crippen molar-refractivity contribution in [2.75, 3.05) is 39.8 Å². The summed E-state index contributed by atoms with van der Waals surface area (Å²) in [5.41, 5.74) is 0.303. The lowest BCUT2D eigenvalue weighted by Gasteiger charge is -2.38. The summed E-state index contributed by atoms with van der Waals surface area (Å²) in [5.74, 6) is 0.955. The van der Waals surface area contributed by atoms with Crippen LogP contribution < -0.4 is 10.6 Å². The monoisotopic (exact) mass is 267 g/mol. The average Bonchev–Trinajstić information content (AvgIpc) is 2.91. The van der Waals surface area contributed by atoms with Gasteiger partial charge in [0.05, 0.1) is 0 Å². The molecule has 0 aromatic carbocycles. The third-order valence-corrected chi connectivity index (χ3v) is 4.85. The van der Waals surface area contributed by atoms with Crippen LogP contribution in [0.5, 0.6) is 0 Å². The van der Waals surface area contributed by atoms with Gasteiger partial charge in [0.2, 0.25) is 5.91 Å². The average molecular weight is 267 g/mol. The minimum absolute atomic E-state index is 0.243. The third kappa shape index (κ3) is 4.77. The first-order chi connectivity index (χ1) is 9.07. The van der Waals surface area contributed by atoms with E-state index in [0.717, 1.165) is 39.1 Å². The summed E-state index contributed by atoms with van der Waals surface area (Å²) in [6, 6.07) is 0. The van der Waals surface area contributed by atoms with E-state index < -0.39 is 0 Å². The lowest BCUT2D eigenvalue weighted by Crippen LogP contribution is -2.43. The van der Waals surface area contributed by atoms with Crippen molar-refractivity contribution >= 4 is 5.91 Å². The predicted octanol–water partition coefficient (Wildman–Crippen LogP) is 1.22. The van der Waals surface area contributed by atoms with Crippen LogP contribution in [-0.4, -0.2) is 50.6 Å². The Morgan fingerprint density at radius 1 is 1.42 bits per heavy atom. The van der Waals surface area contributed by atoms with Crippen molar-refractivity contribution in [1.82, 2.24) is 15.5 Å². The van der Waals surface area contributed by atoms with Crippen molar-refractivity contribution in [2.24, 2.45) is 11.3 Å². The quantitative estimate of drug-likeness (QED) is 0.787. The highest BCUT2D eigenvalue weighted by Gasteiger charge is 2.29. The second-order valence-electron chi connectivity index (χ2n) is 6.79.